The number of alkyl carbamates (subject to hydrolysis) is 1. The number of hydrogen-bond acceptors (Lipinski definition) is 3. The molecule has 1 aromatic carbocycles. The van der Waals surface area contributed by atoms with Crippen LogP contribution >= 0.6 is 0 Å². The summed E-state index contributed by atoms with van der Waals surface area (Å²) < 4.78 is 5.34. The number of fused-ring (bicyclic) bond motifs is 1. The van der Waals surface area contributed by atoms with Crippen LogP contribution in [0.1, 0.15) is 63.1 Å². The Hall–Kier alpha value is -2.04. The topological polar surface area (TPSA) is 75.6 Å². The van der Waals surface area contributed by atoms with Crippen LogP contribution in [0.15, 0.2) is 18.2 Å². The van der Waals surface area contributed by atoms with Crippen molar-refractivity contribution in [2.75, 3.05) is 0 Å². The van der Waals surface area contributed by atoms with Crippen molar-refractivity contribution in [3.05, 3.63) is 34.9 Å². The number of ether oxygens (including phenoxy) is 1. The summed E-state index contributed by atoms with van der Waals surface area (Å²) in [5, 5.41) is 11.7. The minimum atomic E-state index is -0.735. The first-order valence-corrected chi connectivity index (χ1v) is 9.05. The first kappa shape index (κ1) is 19.3. The average molecular weight is 347 g/mol. The zero-order chi connectivity index (χ0) is 18.4. The van der Waals surface area contributed by atoms with Crippen molar-refractivity contribution in [1.29, 1.82) is 0 Å². The van der Waals surface area contributed by atoms with E-state index in [4.69, 9.17) is 9.84 Å². The number of unbranched alkanes of at least 4 members (excludes halogenated alkanes) is 1. The lowest BCUT2D eigenvalue weighted by Gasteiger charge is -2.27. The molecule has 1 amide bonds. The first-order valence-electron chi connectivity index (χ1n) is 9.05. The molecule has 2 N–H and O–H groups in total. The van der Waals surface area contributed by atoms with Gasteiger partial charge in [0.25, 0.3) is 0 Å². The number of carbonyl (C=O) groups is 2. The second-order valence-electron chi connectivity index (χ2n) is 7.79. The largest absolute Gasteiger partial charge is 0.481 e. The maximum absolute atomic E-state index is 12.0. The van der Waals surface area contributed by atoms with Crippen LogP contribution in [-0.2, 0) is 28.8 Å². The third-order valence-corrected chi connectivity index (χ3v) is 4.33. The number of nitrogens with one attached hydrogen (secondary N) is 1. The lowest BCUT2D eigenvalue weighted by Crippen LogP contribution is -2.41. The van der Waals surface area contributed by atoms with Gasteiger partial charge in [0, 0.05) is 12.5 Å². The molecule has 1 aliphatic rings. The van der Waals surface area contributed by atoms with Crippen molar-refractivity contribution in [3.63, 3.8) is 0 Å². The molecule has 1 atom stereocenters. The Morgan fingerprint density at radius 2 is 2.00 bits per heavy atom. The van der Waals surface area contributed by atoms with Crippen molar-refractivity contribution in [3.8, 4) is 0 Å². The summed E-state index contributed by atoms with van der Waals surface area (Å²) >= 11 is 0. The third-order valence-electron chi connectivity index (χ3n) is 4.33. The van der Waals surface area contributed by atoms with E-state index in [0.29, 0.717) is 6.42 Å². The highest BCUT2D eigenvalue weighted by Crippen LogP contribution is 2.24. The van der Waals surface area contributed by atoms with Crippen LogP contribution in [0.2, 0.25) is 0 Å². The number of aliphatic carboxylic acids is 1. The van der Waals surface area contributed by atoms with Crippen molar-refractivity contribution in [1.82, 2.24) is 5.32 Å². The van der Waals surface area contributed by atoms with Gasteiger partial charge in [0.1, 0.15) is 5.60 Å². The van der Waals surface area contributed by atoms with Crippen molar-refractivity contribution < 1.29 is 19.4 Å². The van der Waals surface area contributed by atoms with Crippen LogP contribution in [0.4, 0.5) is 4.79 Å². The molecule has 0 bridgehead atoms. The zero-order valence-corrected chi connectivity index (χ0v) is 15.4. The maximum atomic E-state index is 12.0. The van der Waals surface area contributed by atoms with Gasteiger partial charge in [-0.1, -0.05) is 18.2 Å². The molecule has 0 fully saturated rings. The number of rotatable bonds is 6. The average Bonchev–Trinajstić information content (AvgIpc) is 2.49. The lowest BCUT2D eigenvalue weighted by atomic mass is 9.86. The standard InChI is InChI=1S/C20H29NO4/c1-20(2,3)25-19(24)21-17-11-10-15-9-8-14(12-16(15)13-17)6-4-5-7-18(22)23/h8-9,12,17H,4-7,10-11,13H2,1-3H3,(H,21,24)(H,22,23)/t17-/m0/s1. The van der Waals surface area contributed by atoms with E-state index in [9.17, 15) is 9.59 Å². The van der Waals surface area contributed by atoms with Gasteiger partial charge >= 0.3 is 12.1 Å². The summed E-state index contributed by atoms with van der Waals surface area (Å²) in [6.45, 7) is 5.58. The van der Waals surface area contributed by atoms with Gasteiger partial charge in [0.2, 0.25) is 0 Å². The van der Waals surface area contributed by atoms with Gasteiger partial charge in [-0.2, -0.15) is 0 Å². The SMILES string of the molecule is CC(C)(C)OC(=O)N[C@H]1CCc2ccc(CCCCC(=O)O)cc2C1. The fraction of sp³-hybridized carbons (Fsp3) is 0.600. The van der Waals surface area contributed by atoms with E-state index < -0.39 is 11.6 Å². The van der Waals surface area contributed by atoms with E-state index in [1.54, 1.807) is 0 Å². The fourth-order valence-electron chi connectivity index (χ4n) is 3.17. The van der Waals surface area contributed by atoms with Crippen LogP contribution in [-0.4, -0.2) is 28.8 Å². The molecule has 0 aliphatic heterocycles. The van der Waals surface area contributed by atoms with Crippen molar-refractivity contribution in [2.45, 2.75) is 77.4 Å². The third kappa shape index (κ3) is 6.77. The van der Waals surface area contributed by atoms with E-state index in [2.05, 4.69) is 23.5 Å². The zero-order valence-electron chi connectivity index (χ0n) is 15.4. The number of carbonyl (C=O) groups excluding carboxylic acids is 1. The minimum absolute atomic E-state index is 0.101. The quantitative estimate of drug-likeness (QED) is 0.766. The molecule has 0 aromatic heterocycles. The first-order chi connectivity index (χ1) is 11.7. The number of carboxylic acids is 1. The lowest BCUT2D eigenvalue weighted by molar-refractivity contribution is -0.137. The summed E-state index contributed by atoms with van der Waals surface area (Å²) in [5.41, 5.74) is 3.38. The molecule has 2 rings (SSSR count). The maximum Gasteiger partial charge on any atom is 0.407 e. The summed E-state index contributed by atoms with van der Waals surface area (Å²) in [7, 11) is 0. The van der Waals surface area contributed by atoms with Gasteiger partial charge < -0.3 is 15.2 Å². The Balaban J connectivity index is 1.89. The number of benzene rings is 1. The predicted molar refractivity (Wildman–Crippen MR) is 96.8 cm³/mol. The van der Waals surface area contributed by atoms with Gasteiger partial charge in [0.05, 0.1) is 0 Å². The Morgan fingerprint density at radius 1 is 1.24 bits per heavy atom. The predicted octanol–water partition coefficient (Wildman–Crippen LogP) is 3.87. The highest BCUT2D eigenvalue weighted by Gasteiger charge is 2.23. The second kappa shape index (κ2) is 8.37. The molecule has 5 heteroatoms. The molecular weight excluding hydrogens is 318 g/mol. The Labute approximate surface area is 149 Å². The highest BCUT2D eigenvalue weighted by atomic mass is 16.6. The van der Waals surface area contributed by atoms with E-state index in [1.807, 2.05) is 20.8 Å². The fourth-order valence-corrected chi connectivity index (χ4v) is 3.17. The van der Waals surface area contributed by atoms with Crippen LogP contribution in [0.3, 0.4) is 0 Å². The summed E-state index contributed by atoms with van der Waals surface area (Å²) in [6, 6.07) is 6.62. The molecule has 25 heavy (non-hydrogen) atoms. The number of aryl methyl sites for hydroxylation is 2. The second-order valence-corrected chi connectivity index (χ2v) is 7.79. The molecule has 5 nitrogen and oxygen atoms in total. The molecule has 0 spiro atoms. The van der Waals surface area contributed by atoms with E-state index in [0.717, 1.165) is 32.1 Å². The number of amides is 1. The van der Waals surface area contributed by atoms with Gasteiger partial charge in [-0.25, -0.2) is 4.79 Å². The molecule has 138 valence electrons. The minimum Gasteiger partial charge on any atom is -0.481 e. The van der Waals surface area contributed by atoms with Gasteiger partial charge in [0.15, 0.2) is 0 Å². The molecular formula is C20H29NO4. The van der Waals surface area contributed by atoms with Gasteiger partial charge in [-0.05, 0) is 76.0 Å². The Morgan fingerprint density at radius 3 is 2.68 bits per heavy atom. The molecule has 0 radical (unpaired) electrons. The van der Waals surface area contributed by atoms with Crippen LogP contribution in [0.5, 0.6) is 0 Å². The van der Waals surface area contributed by atoms with E-state index in [1.165, 1.54) is 16.7 Å². The molecule has 1 aliphatic carbocycles. The molecule has 0 saturated carbocycles. The molecule has 0 unspecified atom stereocenters. The monoisotopic (exact) mass is 347 g/mol. The Kier molecular flexibility index (Phi) is 6.45. The molecule has 0 saturated heterocycles. The van der Waals surface area contributed by atoms with Gasteiger partial charge in [-0.3, -0.25) is 4.79 Å². The number of carboxylic acid groups (broad SMARTS) is 1. The Bertz CT molecular complexity index is 619. The summed E-state index contributed by atoms with van der Waals surface area (Å²) in [5.74, 6) is -0.735. The van der Waals surface area contributed by atoms with E-state index in [-0.39, 0.29) is 18.6 Å². The van der Waals surface area contributed by atoms with Crippen molar-refractivity contribution in [2.24, 2.45) is 0 Å². The van der Waals surface area contributed by atoms with Crippen LogP contribution in [0, 0.1) is 0 Å². The summed E-state index contributed by atoms with van der Waals surface area (Å²) in [6.07, 6.45) is 5.04. The molecule has 1 aromatic rings. The van der Waals surface area contributed by atoms with Gasteiger partial charge in [-0.15, -0.1) is 0 Å². The normalized spacial score (nSPS) is 16.8. The summed E-state index contributed by atoms with van der Waals surface area (Å²) in [4.78, 5) is 22.5. The number of hydrogen-bond donors (Lipinski definition) is 2. The highest BCUT2D eigenvalue weighted by molar-refractivity contribution is 5.68. The van der Waals surface area contributed by atoms with Crippen LogP contribution < -0.4 is 5.32 Å². The smallest absolute Gasteiger partial charge is 0.407 e. The van der Waals surface area contributed by atoms with Crippen LogP contribution in [0.25, 0.3) is 0 Å². The molecule has 0 heterocycles. The van der Waals surface area contributed by atoms with Crippen molar-refractivity contribution >= 4 is 12.1 Å². The van der Waals surface area contributed by atoms with E-state index >= 15 is 0 Å².